The van der Waals surface area contributed by atoms with Crippen molar-refractivity contribution >= 4 is 46.5 Å². The van der Waals surface area contributed by atoms with E-state index in [1.807, 2.05) is 0 Å². The van der Waals surface area contributed by atoms with Crippen molar-refractivity contribution in [1.82, 2.24) is 15.3 Å². The Labute approximate surface area is 252 Å². The van der Waals surface area contributed by atoms with Crippen LogP contribution < -0.4 is 21.3 Å². The van der Waals surface area contributed by atoms with Crippen LogP contribution in [-0.4, -0.2) is 47.6 Å². The van der Waals surface area contributed by atoms with Gasteiger partial charge < -0.3 is 26.0 Å². The van der Waals surface area contributed by atoms with Crippen molar-refractivity contribution in [3.8, 4) is 11.3 Å². The minimum Gasteiger partial charge on any atom is -0.465 e. The van der Waals surface area contributed by atoms with Crippen molar-refractivity contribution in [1.29, 1.82) is 0 Å². The van der Waals surface area contributed by atoms with E-state index in [0.29, 0.717) is 45.6 Å². The Morgan fingerprint density at radius 3 is 2.58 bits per heavy atom. The summed E-state index contributed by atoms with van der Waals surface area (Å²) in [4.78, 5) is 34.9. The molecule has 0 saturated carbocycles. The lowest BCUT2D eigenvalue weighted by atomic mass is 10.0. The number of esters is 1. The molecule has 4 N–H and O–H groups in total. The van der Waals surface area contributed by atoms with E-state index in [9.17, 15) is 18.4 Å². The Hall–Kier alpha value is -4.61. The van der Waals surface area contributed by atoms with Crippen molar-refractivity contribution in [2.45, 2.75) is 25.8 Å². The lowest BCUT2D eigenvalue weighted by Crippen LogP contribution is -2.36. The van der Waals surface area contributed by atoms with Gasteiger partial charge in [0.05, 0.1) is 18.0 Å². The Morgan fingerprint density at radius 2 is 1.86 bits per heavy atom. The summed E-state index contributed by atoms with van der Waals surface area (Å²) >= 11 is 6.32. The third kappa shape index (κ3) is 6.73. The maximum absolute atomic E-state index is 14.8. The lowest BCUT2D eigenvalue weighted by molar-refractivity contribution is -0.144. The van der Waals surface area contributed by atoms with Gasteiger partial charge in [0.2, 0.25) is 5.95 Å². The molecule has 0 aliphatic carbocycles. The molecular formula is C31H29ClF2N6O3. The number of anilines is 4. The van der Waals surface area contributed by atoms with Crippen LogP contribution in [-0.2, 0) is 16.0 Å². The van der Waals surface area contributed by atoms with Crippen molar-refractivity contribution in [2.75, 3.05) is 29.9 Å². The summed E-state index contributed by atoms with van der Waals surface area (Å²) in [5.41, 5.74) is 9.27. The van der Waals surface area contributed by atoms with E-state index >= 15 is 0 Å². The normalized spacial score (nSPS) is 12.9. The van der Waals surface area contributed by atoms with Gasteiger partial charge >= 0.3 is 5.97 Å². The van der Waals surface area contributed by atoms with E-state index in [1.54, 1.807) is 60.5 Å². The highest BCUT2D eigenvalue weighted by atomic mass is 35.5. The average molecular weight is 607 g/mol. The molecule has 0 saturated heterocycles. The second-order valence-electron chi connectivity index (χ2n) is 9.81. The van der Waals surface area contributed by atoms with Crippen molar-refractivity contribution in [3.63, 3.8) is 0 Å². The number of hydrogen-bond acceptors (Lipinski definition) is 8. The van der Waals surface area contributed by atoms with E-state index in [4.69, 9.17) is 27.1 Å². The van der Waals surface area contributed by atoms with Crippen LogP contribution in [0, 0.1) is 11.6 Å². The molecule has 3 aromatic carbocycles. The fraction of sp³-hybridized carbons (Fsp3) is 0.226. The predicted molar refractivity (Wildman–Crippen MR) is 161 cm³/mol. The number of nitrogens with zero attached hydrogens (tertiary/aromatic N) is 3. The first-order chi connectivity index (χ1) is 20.7. The molecule has 5 rings (SSSR count). The number of carbonyl (C=O) groups is 2. The summed E-state index contributed by atoms with van der Waals surface area (Å²) in [7, 11) is 0. The number of nitrogens with two attached hydrogens (primary N) is 1. The minimum absolute atomic E-state index is 0.156. The number of fused-ring (bicyclic) bond motifs is 3. The smallest absolute Gasteiger partial charge is 0.322 e. The number of halogens is 3. The summed E-state index contributed by atoms with van der Waals surface area (Å²) in [6, 6.07) is 14.8. The number of carbonyl (C=O) groups excluding carboxylic acids is 2. The van der Waals surface area contributed by atoms with E-state index in [-0.39, 0.29) is 37.7 Å². The third-order valence-electron chi connectivity index (χ3n) is 6.92. The number of nitrogens with one attached hydrogen (secondary N) is 2. The highest BCUT2D eigenvalue weighted by molar-refractivity contribution is 6.31. The Morgan fingerprint density at radius 1 is 1.12 bits per heavy atom. The van der Waals surface area contributed by atoms with Crippen LogP contribution in [0.5, 0.6) is 0 Å². The minimum atomic E-state index is -0.805. The fourth-order valence-electron chi connectivity index (χ4n) is 4.79. The van der Waals surface area contributed by atoms with E-state index < -0.39 is 23.6 Å². The van der Waals surface area contributed by atoms with Crippen LogP contribution >= 0.6 is 11.6 Å². The molecule has 0 radical (unpaired) electrons. The molecule has 1 aliphatic rings. The molecule has 43 heavy (non-hydrogen) atoms. The molecule has 1 unspecified atom stereocenters. The van der Waals surface area contributed by atoms with Gasteiger partial charge in [0.15, 0.2) is 0 Å². The number of para-hydroxylation sites is 1. The quantitative estimate of drug-likeness (QED) is 0.213. The van der Waals surface area contributed by atoms with Crippen LogP contribution in [0.1, 0.15) is 29.3 Å². The van der Waals surface area contributed by atoms with Gasteiger partial charge in [0.1, 0.15) is 23.4 Å². The number of rotatable bonds is 9. The van der Waals surface area contributed by atoms with Crippen LogP contribution in [0.15, 0.2) is 66.9 Å². The Balaban J connectivity index is 1.32. The molecule has 12 heteroatoms. The second-order valence-corrected chi connectivity index (χ2v) is 10.2. The summed E-state index contributed by atoms with van der Waals surface area (Å²) in [5.74, 6) is -1.87. The zero-order valence-electron chi connectivity index (χ0n) is 23.2. The third-order valence-corrected chi connectivity index (χ3v) is 7.15. The number of amides is 1. The molecular weight excluding hydrogens is 578 g/mol. The number of aromatic nitrogens is 2. The van der Waals surface area contributed by atoms with Gasteiger partial charge in [-0.1, -0.05) is 17.7 Å². The number of hydrogen-bond donors (Lipinski definition) is 3. The first-order valence-electron chi connectivity index (χ1n) is 13.7. The van der Waals surface area contributed by atoms with Gasteiger partial charge in [-0.05, 0) is 79.9 Å². The number of benzene rings is 3. The van der Waals surface area contributed by atoms with Gasteiger partial charge in [0, 0.05) is 41.1 Å². The monoisotopic (exact) mass is 606 g/mol. The van der Waals surface area contributed by atoms with E-state index in [2.05, 4.69) is 15.6 Å². The topological polar surface area (TPSA) is 122 Å². The standard InChI is InChI=1S/C31H29ClF2N6O3/c1-2-43-30(42)25(35)12-14-36-29(41)18-6-9-21(10-7-18)38-31-37-17-19-13-15-40(28-23(33)4-3-5-24(28)34)26-16-20(32)8-11-22(26)27(19)39-31/h3-11,16-17,25H,2,12-15,35H2,1H3,(H,36,41)(H,37,38,39). The van der Waals surface area contributed by atoms with Crippen LogP contribution in [0.3, 0.4) is 0 Å². The van der Waals surface area contributed by atoms with E-state index in [1.165, 1.54) is 18.2 Å². The van der Waals surface area contributed by atoms with Crippen molar-refractivity contribution < 1.29 is 23.1 Å². The largest absolute Gasteiger partial charge is 0.465 e. The van der Waals surface area contributed by atoms with Crippen molar-refractivity contribution in [2.24, 2.45) is 5.73 Å². The van der Waals surface area contributed by atoms with Crippen LogP contribution in [0.2, 0.25) is 5.02 Å². The van der Waals surface area contributed by atoms with Gasteiger partial charge in [-0.2, -0.15) is 0 Å². The zero-order chi connectivity index (χ0) is 30.5. The zero-order valence-corrected chi connectivity index (χ0v) is 24.0. The first kappa shape index (κ1) is 29.9. The highest BCUT2D eigenvalue weighted by Crippen LogP contribution is 2.42. The first-order valence-corrected chi connectivity index (χ1v) is 14.1. The second kappa shape index (κ2) is 13.1. The molecule has 1 aromatic heterocycles. The Bertz CT molecular complexity index is 1630. The fourth-order valence-corrected chi connectivity index (χ4v) is 4.95. The molecule has 9 nitrogen and oxygen atoms in total. The molecule has 1 amide bonds. The molecule has 0 fully saturated rings. The summed E-state index contributed by atoms with van der Waals surface area (Å²) in [5, 5.41) is 6.30. The summed E-state index contributed by atoms with van der Waals surface area (Å²) in [6.45, 7) is 2.45. The SMILES string of the molecule is CCOC(=O)C(N)CCNC(=O)c1ccc(Nc2ncc3c(n2)-c2ccc(Cl)cc2N(c2c(F)cccc2F)CC3)cc1. The summed E-state index contributed by atoms with van der Waals surface area (Å²) < 4.78 is 34.5. The molecule has 4 aromatic rings. The number of ether oxygens (including phenoxy) is 1. The molecule has 222 valence electrons. The molecule has 1 atom stereocenters. The molecule has 2 heterocycles. The van der Waals surface area contributed by atoms with Crippen molar-refractivity contribution in [3.05, 3.63) is 94.6 Å². The Kier molecular flexibility index (Phi) is 9.13. The molecule has 0 spiro atoms. The summed E-state index contributed by atoms with van der Waals surface area (Å²) in [6.07, 6.45) is 2.37. The van der Waals surface area contributed by atoms with Gasteiger partial charge in [-0.3, -0.25) is 9.59 Å². The molecule has 1 aliphatic heterocycles. The van der Waals surface area contributed by atoms with Crippen LogP contribution in [0.25, 0.3) is 11.3 Å². The van der Waals surface area contributed by atoms with Gasteiger partial charge in [-0.25, -0.2) is 18.7 Å². The molecule has 0 bridgehead atoms. The van der Waals surface area contributed by atoms with Gasteiger partial charge in [0.25, 0.3) is 5.91 Å². The lowest BCUT2D eigenvalue weighted by Gasteiger charge is -2.26. The maximum Gasteiger partial charge on any atom is 0.322 e. The van der Waals surface area contributed by atoms with Gasteiger partial charge in [-0.15, -0.1) is 0 Å². The van der Waals surface area contributed by atoms with Crippen LogP contribution in [0.4, 0.5) is 31.8 Å². The predicted octanol–water partition coefficient (Wildman–Crippen LogP) is 5.52. The maximum atomic E-state index is 14.8. The average Bonchev–Trinajstić information content (AvgIpc) is 3.14. The van der Waals surface area contributed by atoms with E-state index in [0.717, 1.165) is 5.56 Å². The highest BCUT2D eigenvalue weighted by Gasteiger charge is 2.27.